The lowest BCUT2D eigenvalue weighted by Crippen LogP contribution is -2.14. The fourth-order valence-electron chi connectivity index (χ4n) is 2.33. The van der Waals surface area contributed by atoms with Gasteiger partial charge in [0, 0.05) is 11.9 Å². The molecule has 0 amide bonds. The molecule has 1 unspecified atom stereocenters. The molecule has 3 heteroatoms. The molecule has 0 aliphatic rings. The van der Waals surface area contributed by atoms with Gasteiger partial charge in [0.2, 0.25) is 0 Å². The van der Waals surface area contributed by atoms with Gasteiger partial charge in [-0.1, -0.05) is 45.2 Å². The minimum absolute atomic E-state index is 0.730. The van der Waals surface area contributed by atoms with Crippen molar-refractivity contribution in [1.82, 2.24) is 9.97 Å². The van der Waals surface area contributed by atoms with Gasteiger partial charge in [-0.05, 0) is 24.5 Å². The number of nitrogens with one attached hydrogen (secondary N) is 1. The molecule has 0 bridgehead atoms. The van der Waals surface area contributed by atoms with Crippen LogP contribution in [-0.4, -0.2) is 16.5 Å². The highest BCUT2D eigenvalue weighted by Gasteiger charge is 2.07. The van der Waals surface area contributed by atoms with Gasteiger partial charge in [0.15, 0.2) is 0 Å². The third kappa shape index (κ3) is 3.66. The first-order valence-corrected chi connectivity index (χ1v) is 7.28. The minimum atomic E-state index is 0.730. The molecule has 1 heterocycles. The largest absolute Gasteiger partial charge is 0.369 e. The van der Waals surface area contributed by atoms with Gasteiger partial charge in [0.25, 0.3) is 0 Å². The molecular weight excluding hydrogens is 234 g/mol. The summed E-state index contributed by atoms with van der Waals surface area (Å²) in [6, 6.07) is 8.14. The Hall–Kier alpha value is -1.64. The Kier molecular flexibility index (Phi) is 5.13. The monoisotopic (exact) mass is 257 g/mol. The second-order valence-electron chi connectivity index (χ2n) is 5.04. The average molecular weight is 257 g/mol. The predicted molar refractivity (Wildman–Crippen MR) is 81.3 cm³/mol. The number of benzene rings is 1. The first-order valence-electron chi connectivity index (χ1n) is 7.28. The maximum Gasteiger partial charge on any atom is 0.137 e. The highest BCUT2D eigenvalue weighted by atomic mass is 15.0. The van der Waals surface area contributed by atoms with Crippen LogP contribution in [-0.2, 0) is 0 Å². The van der Waals surface area contributed by atoms with E-state index in [4.69, 9.17) is 0 Å². The molecule has 3 nitrogen and oxygen atoms in total. The van der Waals surface area contributed by atoms with E-state index >= 15 is 0 Å². The summed E-state index contributed by atoms with van der Waals surface area (Å²) < 4.78 is 0. The molecule has 1 aromatic heterocycles. The van der Waals surface area contributed by atoms with Crippen LogP contribution in [0, 0.1) is 5.92 Å². The summed E-state index contributed by atoms with van der Waals surface area (Å²) >= 11 is 0. The van der Waals surface area contributed by atoms with Gasteiger partial charge in [-0.25, -0.2) is 9.97 Å². The number of fused-ring (bicyclic) bond motifs is 1. The Bertz CT molecular complexity index is 505. The first-order chi connectivity index (χ1) is 9.35. The summed E-state index contributed by atoms with van der Waals surface area (Å²) in [6.07, 6.45) is 6.73. The van der Waals surface area contributed by atoms with Gasteiger partial charge in [-0.15, -0.1) is 0 Å². The van der Waals surface area contributed by atoms with Crippen LogP contribution in [0.25, 0.3) is 10.9 Å². The van der Waals surface area contributed by atoms with E-state index in [1.165, 1.54) is 25.7 Å². The summed E-state index contributed by atoms with van der Waals surface area (Å²) in [7, 11) is 0. The van der Waals surface area contributed by atoms with Crippen LogP contribution < -0.4 is 5.32 Å². The van der Waals surface area contributed by atoms with E-state index in [9.17, 15) is 0 Å². The standard InChI is InChI=1S/C16H23N3/c1-3-5-8-13(4-2)11-17-16-14-9-6-7-10-15(14)18-12-19-16/h6-7,9-10,12-13H,3-5,8,11H2,1-2H3,(H,17,18,19). The highest BCUT2D eigenvalue weighted by Crippen LogP contribution is 2.20. The van der Waals surface area contributed by atoms with Gasteiger partial charge in [0.1, 0.15) is 12.1 Å². The van der Waals surface area contributed by atoms with Crippen LogP contribution >= 0.6 is 0 Å². The molecule has 0 spiro atoms. The summed E-state index contributed by atoms with van der Waals surface area (Å²) in [5.74, 6) is 1.69. The average Bonchev–Trinajstić information content (AvgIpc) is 2.47. The smallest absolute Gasteiger partial charge is 0.137 e. The quantitative estimate of drug-likeness (QED) is 0.805. The van der Waals surface area contributed by atoms with Gasteiger partial charge in [-0.3, -0.25) is 0 Å². The molecule has 102 valence electrons. The van der Waals surface area contributed by atoms with E-state index < -0.39 is 0 Å². The van der Waals surface area contributed by atoms with E-state index in [1.807, 2.05) is 18.2 Å². The number of rotatable bonds is 7. The molecule has 0 saturated heterocycles. The van der Waals surface area contributed by atoms with Crippen LogP contribution in [0.3, 0.4) is 0 Å². The minimum Gasteiger partial charge on any atom is -0.369 e. The molecular formula is C16H23N3. The molecule has 2 rings (SSSR count). The van der Waals surface area contributed by atoms with Crippen LogP contribution in [0.1, 0.15) is 39.5 Å². The topological polar surface area (TPSA) is 37.8 Å². The second kappa shape index (κ2) is 7.07. The van der Waals surface area contributed by atoms with Crippen molar-refractivity contribution in [2.45, 2.75) is 39.5 Å². The van der Waals surface area contributed by atoms with Crippen molar-refractivity contribution in [2.75, 3.05) is 11.9 Å². The van der Waals surface area contributed by atoms with Crippen molar-refractivity contribution in [1.29, 1.82) is 0 Å². The van der Waals surface area contributed by atoms with E-state index in [1.54, 1.807) is 6.33 Å². The number of aromatic nitrogens is 2. The van der Waals surface area contributed by atoms with E-state index in [2.05, 4.69) is 35.2 Å². The molecule has 2 aromatic rings. The third-order valence-corrected chi connectivity index (χ3v) is 3.64. The highest BCUT2D eigenvalue weighted by molar-refractivity contribution is 5.88. The number of nitrogens with zero attached hydrogens (tertiary/aromatic N) is 2. The van der Waals surface area contributed by atoms with Crippen molar-refractivity contribution in [3.05, 3.63) is 30.6 Å². The van der Waals surface area contributed by atoms with Crippen molar-refractivity contribution in [2.24, 2.45) is 5.92 Å². The summed E-state index contributed by atoms with van der Waals surface area (Å²) in [5, 5.41) is 4.60. The fraction of sp³-hybridized carbons (Fsp3) is 0.500. The Labute approximate surface area is 115 Å². The van der Waals surface area contributed by atoms with Gasteiger partial charge < -0.3 is 5.32 Å². The zero-order valence-corrected chi connectivity index (χ0v) is 11.9. The molecule has 0 saturated carbocycles. The lowest BCUT2D eigenvalue weighted by Gasteiger charge is -2.16. The molecule has 0 aliphatic carbocycles. The first kappa shape index (κ1) is 13.8. The number of unbranched alkanes of at least 4 members (excludes halogenated alkanes) is 1. The zero-order chi connectivity index (χ0) is 13.5. The summed E-state index contributed by atoms with van der Waals surface area (Å²) in [5.41, 5.74) is 1.00. The maximum atomic E-state index is 4.37. The van der Waals surface area contributed by atoms with Crippen molar-refractivity contribution >= 4 is 16.7 Å². The number of anilines is 1. The molecule has 0 aliphatic heterocycles. The van der Waals surface area contributed by atoms with E-state index in [-0.39, 0.29) is 0 Å². The lowest BCUT2D eigenvalue weighted by atomic mass is 9.99. The second-order valence-corrected chi connectivity index (χ2v) is 5.04. The summed E-state index contributed by atoms with van der Waals surface area (Å²) in [4.78, 5) is 8.66. The molecule has 0 radical (unpaired) electrons. The van der Waals surface area contributed by atoms with Crippen molar-refractivity contribution in [3.63, 3.8) is 0 Å². The maximum absolute atomic E-state index is 4.37. The molecule has 1 N–H and O–H groups in total. The normalized spacial score (nSPS) is 12.5. The molecule has 1 aromatic carbocycles. The molecule has 1 atom stereocenters. The zero-order valence-electron chi connectivity index (χ0n) is 11.9. The Balaban J connectivity index is 2.04. The number of para-hydroxylation sites is 1. The molecule has 0 fully saturated rings. The Morgan fingerprint density at radius 3 is 2.79 bits per heavy atom. The Morgan fingerprint density at radius 1 is 1.16 bits per heavy atom. The van der Waals surface area contributed by atoms with E-state index in [0.717, 1.165) is 29.2 Å². The predicted octanol–water partition coefficient (Wildman–Crippen LogP) is 4.26. The van der Waals surface area contributed by atoms with Crippen molar-refractivity contribution < 1.29 is 0 Å². The Morgan fingerprint density at radius 2 is 2.00 bits per heavy atom. The summed E-state index contributed by atoms with van der Waals surface area (Å²) in [6.45, 7) is 5.51. The number of hydrogen-bond acceptors (Lipinski definition) is 3. The van der Waals surface area contributed by atoms with Crippen molar-refractivity contribution in [3.8, 4) is 0 Å². The number of hydrogen-bond donors (Lipinski definition) is 1. The lowest BCUT2D eigenvalue weighted by molar-refractivity contribution is 0.472. The van der Waals surface area contributed by atoms with Gasteiger partial charge >= 0.3 is 0 Å². The van der Waals surface area contributed by atoms with Crippen LogP contribution in [0.4, 0.5) is 5.82 Å². The van der Waals surface area contributed by atoms with Crippen LogP contribution in [0.2, 0.25) is 0 Å². The van der Waals surface area contributed by atoms with Gasteiger partial charge in [-0.2, -0.15) is 0 Å². The third-order valence-electron chi connectivity index (χ3n) is 3.64. The molecule has 19 heavy (non-hydrogen) atoms. The van der Waals surface area contributed by atoms with E-state index in [0.29, 0.717) is 0 Å². The van der Waals surface area contributed by atoms with Gasteiger partial charge in [0.05, 0.1) is 5.52 Å². The van der Waals surface area contributed by atoms with Crippen LogP contribution in [0.15, 0.2) is 30.6 Å². The fourth-order valence-corrected chi connectivity index (χ4v) is 2.33. The SMILES string of the molecule is CCCCC(CC)CNc1ncnc2ccccc12. The van der Waals surface area contributed by atoms with Crippen LogP contribution in [0.5, 0.6) is 0 Å².